The minimum atomic E-state index is -4.59. The summed E-state index contributed by atoms with van der Waals surface area (Å²) in [5, 5.41) is 12.1. The van der Waals surface area contributed by atoms with Gasteiger partial charge in [0.2, 0.25) is 0 Å². The average molecular weight is 307 g/mol. The first-order valence-corrected chi connectivity index (χ1v) is 5.64. The van der Waals surface area contributed by atoms with Gasteiger partial charge < -0.3 is 10.6 Å². The molecule has 0 radical (unpaired) electrons. The van der Waals surface area contributed by atoms with Crippen LogP contribution in [0, 0.1) is 23.0 Å². The van der Waals surface area contributed by atoms with Gasteiger partial charge in [-0.2, -0.15) is 18.4 Å². The molecule has 9 heteroatoms. The van der Waals surface area contributed by atoms with E-state index in [0.717, 1.165) is 19.1 Å². The molecule has 0 aliphatic rings. The second-order valence-electron chi connectivity index (χ2n) is 4.14. The fourth-order valence-corrected chi connectivity index (χ4v) is 1.35. The van der Waals surface area contributed by atoms with Gasteiger partial charge in [-0.1, -0.05) is 0 Å². The molecule has 0 bridgehead atoms. The van der Waals surface area contributed by atoms with Gasteiger partial charge in [-0.05, 0) is 24.6 Å². The van der Waals surface area contributed by atoms with Gasteiger partial charge in [0.15, 0.2) is 0 Å². The zero-order valence-electron chi connectivity index (χ0n) is 10.7. The zero-order chi connectivity index (χ0) is 16.2. The molecule has 0 spiro atoms. The topological polar surface area (TPSA) is 64.9 Å². The van der Waals surface area contributed by atoms with Crippen LogP contribution in [0.15, 0.2) is 12.1 Å². The van der Waals surface area contributed by atoms with Crippen molar-refractivity contribution in [2.24, 2.45) is 0 Å². The van der Waals surface area contributed by atoms with E-state index in [4.69, 9.17) is 5.26 Å². The molecular weight excluding hydrogens is 297 g/mol. The first-order chi connectivity index (χ1) is 9.65. The van der Waals surface area contributed by atoms with Crippen molar-refractivity contribution >= 4 is 6.03 Å². The highest BCUT2D eigenvalue weighted by atomic mass is 19.4. The van der Waals surface area contributed by atoms with Gasteiger partial charge in [-0.15, -0.1) is 0 Å². The van der Waals surface area contributed by atoms with E-state index >= 15 is 0 Å². The van der Waals surface area contributed by atoms with Crippen LogP contribution in [0.4, 0.5) is 26.7 Å². The number of carbonyl (C=O) groups is 1. The standard InChI is InChI=1S/C12H10F5N3O/c1-6(12(15,16)17)20-11(21)19-5-7-2-9(13)8(4-18)10(14)3-7/h2-3,6H,5H2,1H3,(H2,19,20,21)/t6-/m1/s1. The van der Waals surface area contributed by atoms with Gasteiger partial charge >= 0.3 is 12.2 Å². The Hall–Kier alpha value is -2.37. The third kappa shape index (κ3) is 4.59. The Morgan fingerprint density at radius 1 is 1.33 bits per heavy atom. The lowest BCUT2D eigenvalue weighted by Gasteiger charge is -2.17. The van der Waals surface area contributed by atoms with Crippen molar-refractivity contribution in [3.05, 3.63) is 34.9 Å². The third-order valence-electron chi connectivity index (χ3n) is 2.51. The summed E-state index contributed by atoms with van der Waals surface area (Å²) in [6.07, 6.45) is -4.59. The number of urea groups is 1. The molecule has 0 aromatic heterocycles. The Balaban J connectivity index is 2.65. The number of alkyl halides is 3. The first-order valence-electron chi connectivity index (χ1n) is 5.64. The molecule has 0 fully saturated rings. The normalized spacial score (nSPS) is 12.4. The summed E-state index contributed by atoms with van der Waals surface area (Å²) >= 11 is 0. The van der Waals surface area contributed by atoms with E-state index in [1.165, 1.54) is 6.07 Å². The molecule has 0 saturated carbocycles. The molecule has 1 aromatic rings. The van der Waals surface area contributed by atoms with Crippen LogP contribution >= 0.6 is 0 Å². The number of benzene rings is 1. The molecule has 0 aliphatic carbocycles. The average Bonchev–Trinajstić information content (AvgIpc) is 2.35. The minimum absolute atomic E-state index is 0.0289. The summed E-state index contributed by atoms with van der Waals surface area (Å²) in [5.41, 5.74) is -0.798. The van der Waals surface area contributed by atoms with Crippen molar-refractivity contribution in [1.29, 1.82) is 5.26 Å². The number of hydrogen-bond donors (Lipinski definition) is 2. The first kappa shape index (κ1) is 16.7. The Bertz CT molecular complexity index is 556. The highest BCUT2D eigenvalue weighted by Crippen LogP contribution is 2.19. The Morgan fingerprint density at radius 3 is 2.29 bits per heavy atom. The van der Waals surface area contributed by atoms with Crippen LogP contribution < -0.4 is 10.6 Å². The van der Waals surface area contributed by atoms with Crippen LogP contribution in [-0.2, 0) is 6.54 Å². The lowest BCUT2D eigenvalue weighted by molar-refractivity contribution is -0.148. The summed E-state index contributed by atoms with van der Waals surface area (Å²) in [6, 6.07) is -0.244. The van der Waals surface area contributed by atoms with Crippen LogP contribution in [0.2, 0.25) is 0 Å². The number of rotatable bonds is 3. The van der Waals surface area contributed by atoms with E-state index in [-0.39, 0.29) is 5.56 Å². The van der Waals surface area contributed by atoms with Gasteiger partial charge in [-0.25, -0.2) is 13.6 Å². The Morgan fingerprint density at radius 2 is 1.86 bits per heavy atom. The van der Waals surface area contributed by atoms with Gasteiger partial charge in [0.1, 0.15) is 29.3 Å². The van der Waals surface area contributed by atoms with E-state index in [1.807, 2.05) is 5.32 Å². The highest BCUT2D eigenvalue weighted by molar-refractivity contribution is 5.74. The number of hydrogen-bond acceptors (Lipinski definition) is 2. The van der Waals surface area contributed by atoms with Gasteiger partial charge in [0.05, 0.1) is 0 Å². The van der Waals surface area contributed by atoms with Crippen molar-refractivity contribution in [2.45, 2.75) is 25.7 Å². The number of amides is 2. The molecule has 2 N–H and O–H groups in total. The largest absolute Gasteiger partial charge is 0.408 e. The maximum Gasteiger partial charge on any atom is 0.408 e. The van der Waals surface area contributed by atoms with Gasteiger partial charge in [0, 0.05) is 6.54 Å². The minimum Gasteiger partial charge on any atom is -0.334 e. The lowest BCUT2D eigenvalue weighted by atomic mass is 10.1. The van der Waals surface area contributed by atoms with E-state index in [9.17, 15) is 26.7 Å². The van der Waals surface area contributed by atoms with Crippen LogP contribution in [0.1, 0.15) is 18.1 Å². The zero-order valence-corrected chi connectivity index (χ0v) is 10.7. The van der Waals surface area contributed by atoms with E-state index in [2.05, 4.69) is 0 Å². The van der Waals surface area contributed by atoms with Crippen molar-refractivity contribution < 1.29 is 26.7 Å². The van der Waals surface area contributed by atoms with Crippen LogP contribution in [0.3, 0.4) is 0 Å². The van der Waals surface area contributed by atoms with Crippen LogP contribution in [0.25, 0.3) is 0 Å². The molecule has 1 rings (SSSR count). The SMILES string of the molecule is C[C@@H](NC(=O)NCc1cc(F)c(C#N)c(F)c1)C(F)(F)F. The number of carbonyl (C=O) groups excluding carboxylic acids is 1. The molecule has 0 aliphatic heterocycles. The van der Waals surface area contributed by atoms with Crippen molar-refractivity contribution in [2.75, 3.05) is 0 Å². The maximum absolute atomic E-state index is 13.3. The number of nitriles is 1. The van der Waals surface area contributed by atoms with Crippen molar-refractivity contribution in [3.8, 4) is 6.07 Å². The fraction of sp³-hybridized carbons (Fsp3) is 0.333. The second-order valence-corrected chi connectivity index (χ2v) is 4.14. The summed E-state index contributed by atoms with van der Waals surface area (Å²) in [4.78, 5) is 11.2. The summed E-state index contributed by atoms with van der Waals surface area (Å²) in [6.45, 7) is 0.358. The molecule has 2 amide bonds. The molecule has 0 heterocycles. The van der Waals surface area contributed by atoms with Gasteiger partial charge in [-0.3, -0.25) is 0 Å². The molecule has 4 nitrogen and oxygen atoms in total. The monoisotopic (exact) mass is 307 g/mol. The maximum atomic E-state index is 13.3. The van der Waals surface area contributed by atoms with Crippen molar-refractivity contribution in [3.63, 3.8) is 0 Å². The molecule has 0 unspecified atom stereocenters. The third-order valence-corrected chi connectivity index (χ3v) is 2.51. The van der Waals surface area contributed by atoms with Crippen LogP contribution in [-0.4, -0.2) is 18.2 Å². The molecule has 1 atom stereocenters. The van der Waals surface area contributed by atoms with E-state index < -0.39 is 42.0 Å². The van der Waals surface area contributed by atoms with Crippen LogP contribution in [0.5, 0.6) is 0 Å². The predicted molar refractivity (Wildman–Crippen MR) is 62.0 cm³/mol. The molecule has 21 heavy (non-hydrogen) atoms. The molecule has 114 valence electrons. The lowest BCUT2D eigenvalue weighted by Crippen LogP contribution is -2.47. The Labute approximate surface area is 116 Å². The summed E-state index contributed by atoms with van der Waals surface area (Å²) in [7, 11) is 0. The number of halogens is 5. The molecular formula is C12H10F5N3O. The summed E-state index contributed by atoms with van der Waals surface area (Å²) in [5.74, 6) is -2.23. The number of nitrogens with zero attached hydrogens (tertiary/aromatic N) is 1. The smallest absolute Gasteiger partial charge is 0.334 e. The van der Waals surface area contributed by atoms with Gasteiger partial charge in [0.25, 0.3) is 0 Å². The number of nitrogens with one attached hydrogen (secondary N) is 2. The van der Waals surface area contributed by atoms with E-state index in [0.29, 0.717) is 0 Å². The summed E-state index contributed by atoms with van der Waals surface area (Å²) < 4.78 is 63.1. The molecule has 1 aromatic carbocycles. The molecule has 0 saturated heterocycles. The highest BCUT2D eigenvalue weighted by Gasteiger charge is 2.36. The van der Waals surface area contributed by atoms with Crippen molar-refractivity contribution in [1.82, 2.24) is 10.6 Å². The second kappa shape index (κ2) is 6.39. The quantitative estimate of drug-likeness (QED) is 0.843. The fourth-order valence-electron chi connectivity index (χ4n) is 1.35. The van der Waals surface area contributed by atoms with E-state index in [1.54, 1.807) is 5.32 Å². The predicted octanol–water partition coefficient (Wildman–Crippen LogP) is 2.59. The Kier molecular flexibility index (Phi) is 5.07.